The second-order valence-corrected chi connectivity index (χ2v) is 3.64. The number of hydrogen-bond acceptors (Lipinski definition) is 3. The average Bonchev–Trinajstić information content (AvgIpc) is 2.33. The molecule has 0 unspecified atom stereocenters. The molecule has 1 aromatic carbocycles. The molecule has 1 aromatic heterocycles. The van der Waals surface area contributed by atoms with Crippen LogP contribution in [0.5, 0.6) is 11.6 Å². The van der Waals surface area contributed by atoms with Crippen LogP contribution < -0.4 is 10.5 Å². The van der Waals surface area contributed by atoms with Gasteiger partial charge in [-0.3, -0.25) is 0 Å². The normalized spacial score (nSPS) is 11.4. The van der Waals surface area contributed by atoms with E-state index >= 15 is 0 Å². The zero-order chi connectivity index (χ0) is 14.0. The Morgan fingerprint density at radius 2 is 1.84 bits per heavy atom. The van der Waals surface area contributed by atoms with Crippen LogP contribution in [-0.4, -0.2) is 4.98 Å². The van der Waals surface area contributed by atoms with E-state index in [-0.39, 0.29) is 17.3 Å². The number of nitrogens with two attached hydrogens (primary N) is 1. The first-order valence-corrected chi connectivity index (χ1v) is 5.13. The molecule has 7 heteroatoms. The van der Waals surface area contributed by atoms with E-state index in [0.29, 0.717) is 0 Å². The van der Waals surface area contributed by atoms with E-state index < -0.39 is 17.7 Å². The first-order chi connectivity index (χ1) is 8.86. The van der Waals surface area contributed by atoms with Crippen LogP contribution in [0.25, 0.3) is 0 Å². The van der Waals surface area contributed by atoms with Gasteiger partial charge in [-0.15, -0.1) is 0 Å². The van der Waals surface area contributed by atoms with Crippen LogP contribution in [0.4, 0.5) is 23.2 Å². The molecule has 3 nitrogen and oxygen atoms in total. The number of halogens is 4. The maximum absolute atomic E-state index is 13.0. The first-order valence-electron chi connectivity index (χ1n) is 5.13. The molecule has 0 aliphatic heterocycles. The zero-order valence-electron chi connectivity index (χ0n) is 9.41. The monoisotopic (exact) mass is 272 g/mol. The minimum atomic E-state index is -4.58. The van der Waals surface area contributed by atoms with Gasteiger partial charge in [-0.2, -0.15) is 13.2 Å². The van der Waals surface area contributed by atoms with Crippen molar-refractivity contribution in [2.75, 3.05) is 5.73 Å². The van der Waals surface area contributed by atoms with E-state index in [4.69, 9.17) is 10.5 Å². The lowest BCUT2D eigenvalue weighted by Gasteiger charge is -2.10. The number of ether oxygens (including phenoxy) is 1. The summed E-state index contributed by atoms with van der Waals surface area (Å²) in [5.41, 5.74) is 4.52. The second kappa shape index (κ2) is 4.75. The van der Waals surface area contributed by atoms with Crippen LogP contribution in [0, 0.1) is 5.82 Å². The van der Waals surface area contributed by atoms with Gasteiger partial charge in [0.05, 0.1) is 5.69 Å². The Morgan fingerprint density at radius 1 is 1.11 bits per heavy atom. The molecule has 1 heterocycles. The van der Waals surface area contributed by atoms with Gasteiger partial charge in [-0.1, -0.05) is 6.07 Å². The van der Waals surface area contributed by atoms with Crippen molar-refractivity contribution in [3.05, 3.63) is 47.9 Å². The third-order valence-electron chi connectivity index (χ3n) is 2.20. The van der Waals surface area contributed by atoms with Crippen molar-refractivity contribution >= 4 is 5.69 Å². The van der Waals surface area contributed by atoms with Crippen molar-refractivity contribution in [3.63, 3.8) is 0 Å². The summed E-state index contributed by atoms with van der Waals surface area (Å²) in [6.45, 7) is 0. The van der Waals surface area contributed by atoms with Crippen molar-refractivity contribution in [2.24, 2.45) is 0 Å². The number of pyridine rings is 1. The van der Waals surface area contributed by atoms with Crippen molar-refractivity contribution < 1.29 is 22.3 Å². The Labute approximate surface area is 105 Å². The van der Waals surface area contributed by atoms with E-state index in [1.54, 1.807) is 0 Å². The molecular weight excluding hydrogens is 264 g/mol. The number of rotatable bonds is 2. The Morgan fingerprint density at radius 3 is 2.53 bits per heavy atom. The quantitative estimate of drug-likeness (QED) is 0.671. The van der Waals surface area contributed by atoms with Crippen molar-refractivity contribution in [1.82, 2.24) is 4.98 Å². The summed E-state index contributed by atoms with van der Waals surface area (Å²) in [6, 6.07) is 6.50. The summed E-state index contributed by atoms with van der Waals surface area (Å²) in [4.78, 5) is 3.28. The number of benzene rings is 1. The maximum Gasteiger partial charge on any atom is 0.433 e. The van der Waals surface area contributed by atoms with Crippen LogP contribution in [0.1, 0.15) is 5.69 Å². The fraction of sp³-hybridized carbons (Fsp3) is 0.0833. The molecule has 0 spiro atoms. The van der Waals surface area contributed by atoms with Gasteiger partial charge in [0.2, 0.25) is 5.88 Å². The van der Waals surface area contributed by atoms with Crippen LogP contribution in [0.2, 0.25) is 0 Å². The molecule has 0 bridgehead atoms. The Bertz CT molecular complexity index is 599. The number of anilines is 1. The van der Waals surface area contributed by atoms with Gasteiger partial charge >= 0.3 is 6.18 Å². The first kappa shape index (κ1) is 13.1. The standard InChI is InChI=1S/C12H8F4N2O/c13-7-4-5-8(17)9(6-7)19-11-3-1-2-10(18-11)12(14,15)16/h1-6H,17H2. The molecule has 0 radical (unpaired) electrons. The fourth-order valence-corrected chi connectivity index (χ4v) is 1.34. The van der Waals surface area contributed by atoms with E-state index in [1.165, 1.54) is 12.1 Å². The average molecular weight is 272 g/mol. The predicted octanol–water partition coefficient (Wildman–Crippen LogP) is 3.61. The lowest BCUT2D eigenvalue weighted by molar-refractivity contribution is -0.141. The van der Waals surface area contributed by atoms with Gasteiger partial charge in [0.1, 0.15) is 11.5 Å². The molecule has 0 fully saturated rings. The molecule has 19 heavy (non-hydrogen) atoms. The predicted molar refractivity (Wildman–Crippen MR) is 60.1 cm³/mol. The molecule has 0 amide bonds. The lowest BCUT2D eigenvalue weighted by atomic mass is 10.3. The van der Waals surface area contributed by atoms with E-state index in [1.807, 2.05) is 0 Å². The summed E-state index contributed by atoms with van der Waals surface area (Å²) < 4.78 is 55.4. The molecule has 0 aliphatic carbocycles. The number of nitrogens with zero attached hydrogens (tertiary/aromatic N) is 1. The minimum absolute atomic E-state index is 0.0909. The van der Waals surface area contributed by atoms with Gasteiger partial charge in [0.15, 0.2) is 5.75 Å². The zero-order valence-corrected chi connectivity index (χ0v) is 9.41. The molecule has 0 atom stereocenters. The molecular formula is C12H8F4N2O. The third kappa shape index (κ3) is 3.12. The largest absolute Gasteiger partial charge is 0.437 e. The van der Waals surface area contributed by atoms with Gasteiger partial charge in [0, 0.05) is 12.1 Å². The fourth-order valence-electron chi connectivity index (χ4n) is 1.34. The highest BCUT2D eigenvalue weighted by atomic mass is 19.4. The van der Waals surface area contributed by atoms with Gasteiger partial charge in [0.25, 0.3) is 0 Å². The van der Waals surface area contributed by atoms with Crippen molar-refractivity contribution in [2.45, 2.75) is 6.18 Å². The summed E-state index contributed by atoms with van der Waals surface area (Å²) in [6.07, 6.45) is -4.58. The molecule has 0 saturated carbocycles. The van der Waals surface area contributed by atoms with Crippen LogP contribution in [0.3, 0.4) is 0 Å². The summed E-state index contributed by atoms with van der Waals surface area (Å²) in [5.74, 6) is -1.02. The van der Waals surface area contributed by atoms with Gasteiger partial charge in [-0.05, 0) is 18.2 Å². The summed E-state index contributed by atoms with van der Waals surface area (Å²) in [7, 11) is 0. The smallest absolute Gasteiger partial charge is 0.433 e. The molecule has 2 aromatic rings. The molecule has 0 aliphatic rings. The van der Waals surface area contributed by atoms with Crippen LogP contribution in [-0.2, 0) is 6.18 Å². The second-order valence-electron chi connectivity index (χ2n) is 3.64. The highest BCUT2D eigenvalue weighted by Gasteiger charge is 2.32. The van der Waals surface area contributed by atoms with Crippen LogP contribution in [0.15, 0.2) is 36.4 Å². The Balaban J connectivity index is 2.31. The van der Waals surface area contributed by atoms with Gasteiger partial charge in [-0.25, -0.2) is 9.37 Å². The maximum atomic E-state index is 13.0. The topological polar surface area (TPSA) is 48.1 Å². The highest BCUT2D eigenvalue weighted by molar-refractivity contribution is 5.53. The van der Waals surface area contributed by atoms with E-state index in [0.717, 1.165) is 24.3 Å². The number of nitrogen functional groups attached to an aromatic ring is 1. The van der Waals surface area contributed by atoms with E-state index in [9.17, 15) is 17.6 Å². The molecule has 2 rings (SSSR count). The minimum Gasteiger partial charge on any atom is -0.437 e. The number of aromatic nitrogens is 1. The van der Waals surface area contributed by atoms with Crippen molar-refractivity contribution in [3.8, 4) is 11.6 Å². The summed E-state index contributed by atoms with van der Waals surface area (Å²) >= 11 is 0. The lowest BCUT2D eigenvalue weighted by Crippen LogP contribution is -2.08. The van der Waals surface area contributed by atoms with Crippen molar-refractivity contribution in [1.29, 1.82) is 0 Å². The molecule has 100 valence electrons. The Hall–Kier alpha value is -2.31. The van der Waals surface area contributed by atoms with Crippen LogP contribution >= 0.6 is 0 Å². The van der Waals surface area contributed by atoms with E-state index in [2.05, 4.69) is 4.98 Å². The van der Waals surface area contributed by atoms with Gasteiger partial charge < -0.3 is 10.5 Å². The molecule has 2 N–H and O–H groups in total. The number of alkyl halides is 3. The SMILES string of the molecule is Nc1ccc(F)cc1Oc1cccc(C(F)(F)F)n1. The highest BCUT2D eigenvalue weighted by Crippen LogP contribution is 2.31. The molecule has 0 saturated heterocycles. The Kier molecular flexibility index (Phi) is 3.28. The third-order valence-corrected chi connectivity index (χ3v) is 2.20. The summed E-state index contributed by atoms with van der Waals surface area (Å²) in [5, 5.41) is 0. The number of hydrogen-bond donors (Lipinski definition) is 1.